The molecule has 14 heteroatoms. The van der Waals surface area contributed by atoms with Gasteiger partial charge in [-0.05, 0) is 57.6 Å². The number of azide groups is 1. The van der Waals surface area contributed by atoms with Crippen molar-refractivity contribution in [3.05, 3.63) is 40.3 Å². The molecule has 0 heterocycles. The Hall–Kier alpha value is -3.41. The molecule has 1 aromatic rings. The maximum atomic E-state index is 12.5. The number of hydrogen-bond acceptors (Lipinski definition) is 10. The summed E-state index contributed by atoms with van der Waals surface area (Å²) in [5.41, 5.74) is 8.02. The molecule has 3 N–H and O–H groups in total. The number of amides is 2. The van der Waals surface area contributed by atoms with Crippen molar-refractivity contribution in [1.29, 1.82) is 0 Å². The van der Waals surface area contributed by atoms with Gasteiger partial charge in [-0.3, -0.25) is 9.59 Å². The van der Waals surface area contributed by atoms with Gasteiger partial charge in [-0.1, -0.05) is 17.1 Å². The van der Waals surface area contributed by atoms with Crippen molar-refractivity contribution >= 4 is 11.8 Å². The van der Waals surface area contributed by atoms with Crippen LogP contribution in [0.2, 0.25) is 0 Å². The summed E-state index contributed by atoms with van der Waals surface area (Å²) in [6.07, 6.45) is 0.964. The van der Waals surface area contributed by atoms with Crippen molar-refractivity contribution in [2.45, 2.75) is 26.0 Å². The Morgan fingerprint density at radius 1 is 0.976 bits per heavy atom. The Morgan fingerprint density at radius 3 is 2.40 bits per heavy atom. The van der Waals surface area contributed by atoms with E-state index in [1.165, 1.54) is 0 Å². The lowest BCUT2D eigenvalue weighted by molar-refractivity contribution is -0.127. The van der Waals surface area contributed by atoms with E-state index in [-0.39, 0.29) is 44.8 Å². The summed E-state index contributed by atoms with van der Waals surface area (Å²) in [6, 6.07) is 6.59. The largest absolute Gasteiger partial charge is 0.490 e. The number of nitrogens with one attached hydrogen (secondary N) is 3. The minimum Gasteiger partial charge on any atom is -0.490 e. The number of ether oxygens (including phenoxy) is 6. The molecule has 1 unspecified atom stereocenters. The van der Waals surface area contributed by atoms with Gasteiger partial charge in [-0.15, -0.1) is 5.92 Å². The van der Waals surface area contributed by atoms with Gasteiger partial charge in [0.25, 0.3) is 5.91 Å². The second kappa shape index (κ2) is 24.2. The number of carbonyl (C=O) groups is 2. The molecule has 0 radical (unpaired) electrons. The molecule has 234 valence electrons. The molecule has 1 aromatic carbocycles. The van der Waals surface area contributed by atoms with Crippen molar-refractivity contribution < 1.29 is 38.0 Å². The molecule has 0 aliphatic carbocycles. The van der Waals surface area contributed by atoms with E-state index in [1.807, 2.05) is 7.05 Å². The zero-order chi connectivity index (χ0) is 30.7. The summed E-state index contributed by atoms with van der Waals surface area (Å²) in [5, 5.41) is 12.1. The summed E-state index contributed by atoms with van der Waals surface area (Å²) < 4.78 is 33.0. The number of nitrogens with zero attached hydrogens (tertiary/aromatic N) is 3. The number of rotatable bonds is 25. The molecule has 1 atom stereocenters. The summed E-state index contributed by atoms with van der Waals surface area (Å²) in [5.74, 6) is 5.21. The maximum absolute atomic E-state index is 12.5. The van der Waals surface area contributed by atoms with Crippen LogP contribution in [-0.4, -0.2) is 110 Å². The van der Waals surface area contributed by atoms with E-state index >= 15 is 0 Å². The zero-order valence-electron chi connectivity index (χ0n) is 24.8. The van der Waals surface area contributed by atoms with Gasteiger partial charge in [0.1, 0.15) is 19.0 Å². The summed E-state index contributed by atoms with van der Waals surface area (Å²) >= 11 is 0. The minimum atomic E-state index is -1.34. The van der Waals surface area contributed by atoms with Crippen molar-refractivity contribution in [2.24, 2.45) is 5.11 Å². The van der Waals surface area contributed by atoms with E-state index in [0.29, 0.717) is 57.5 Å². The molecule has 14 nitrogen and oxygen atoms in total. The van der Waals surface area contributed by atoms with Gasteiger partial charge < -0.3 is 44.4 Å². The summed E-state index contributed by atoms with van der Waals surface area (Å²) in [6.45, 7) is 7.62. The predicted molar refractivity (Wildman–Crippen MR) is 156 cm³/mol. The first-order valence-electron chi connectivity index (χ1n) is 13.8. The molecule has 0 spiro atoms. The first-order chi connectivity index (χ1) is 20.4. The van der Waals surface area contributed by atoms with Crippen LogP contribution in [0.5, 0.6) is 5.75 Å². The zero-order valence-corrected chi connectivity index (χ0v) is 24.8. The fourth-order valence-electron chi connectivity index (χ4n) is 3.14. The second-order valence-corrected chi connectivity index (χ2v) is 8.84. The molecular weight excluding hydrogens is 548 g/mol. The predicted octanol–water partition coefficient (Wildman–Crippen LogP) is 1.65. The number of hydrogen-bond donors (Lipinski definition) is 3. The lowest BCUT2D eigenvalue weighted by atomic mass is 10.2. The van der Waals surface area contributed by atoms with Gasteiger partial charge in [-0.25, -0.2) is 0 Å². The number of carbonyl (C=O) groups excluding carboxylic acids is 2. The van der Waals surface area contributed by atoms with Gasteiger partial charge in [-0.2, -0.15) is 0 Å². The average Bonchev–Trinajstić information content (AvgIpc) is 2.98. The summed E-state index contributed by atoms with van der Waals surface area (Å²) in [7, 11) is 1.91. The van der Waals surface area contributed by atoms with E-state index in [9.17, 15) is 9.59 Å². The molecular formula is C28H44N6O8. The van der Waals surface area contributed by atoms with Crippen LogP contribution < -0.4 is 20.7 Å². The Bertz CT molecular complexity index is 1010. The highest BCUT2D eigenvalue weighted by molar-refractivity contribution is 5.94. The second-order valence-electron chi connectivity index (χ2n) is 8.84. The van der Waals surface area contributed by atoms with Crippen LogP contribution in [0.1, 0.15) is 30.6 Å². The highest BCUT2D eigenvalue weighted by Crippen LogP contribution is 2.19. The fraction of sp³-hybridized carbons (Fsp3) is 0.643. The topological polar surface area (TPSA) is 174 Å². The monoisotopic (exact) mass is 592 g/mol. The Balaban J connectivity index is 2.29. The lowest BCUT2D eigenvalue weighted by Gasteiger charge is -2.24. The Labute approximate surface area is 247 Å². The maximum Gasteiger partial charge on any atom is 0.251 e. The van der Waals surface area contributed by atoms with Gasteiger partial charge in [0.15, 0.2) is 5.72 Å². The highest BCUT2D eigenvalue weighted by atomic mass is 16.6. The molecule has 0 aliphatic rings. The standard InChI is InChI=1S/C28H44N6O8/c1-4-5-11-31-26(35)22-40-19-20-42-28(2,33-34-29)23-41-25-9-6-8-24(21-25)27(36)32-12-14-38-16-18-39-17-15-37-13-7-10-30-3/h6,8-9,21,30H,7,10-20,22-23H2,1-3H3,(H,31,35)(H,32,36). The van der Waals surface area contributed by atoms with Crippen LogP contribution in [0.3, 0.4) is 0 Å². The molecule has 0 saturated heterocycles. The van der Waals surface area contributed by atoms with Gasteiger partial charge in [0.05, 0.1) is 52.8 Å². The van der Waals surface area contributed by atoms with Crippen LogP contribution in [0.4, 0.5) is 0 Å². The van der Waals surface area contributed by atoms with Crippen molar-refractivity contribution in [3.8, 4) is 17.6 Å². The van der Waals surface area contributed by atoms with Crippen molar-refractivity contribution in [2.75, 3.05) is 92.8 Å². The van der Waals surface area contributed by atoms with E-state index < -0.39 is 5.72 Å². The van der Waals surface area contributed by atoms with E-state index in [1.54, 1.807) is 38.1 Å². The average molecular weight is 593 g/mol. The minimum absolute atomic E-state index is 0.0587. The van der Waals surface area contributed by atoms with E-state index in [0.717, 1.165) is 13.0 Å². The molecule has 0 aromatic heterocycles. The van der Waals surface area contributed by atoms with Gasteiger partial charge in [0.2, 0.25) is 5.91 Å². The van der Waals surface area contributed by atoms with Crippen molar-refractivity contribution in [3.63, 3.8) is 0 Å². The van der Waals surface area contributed by atoms with Gasteiger partial charge in [0, 0.05) is 23.6 Å². The molecule has 0 fully saturated rings. The van der Waals surface area contributed by atoms with Crippen LogP contribution in [0.15, 0.2) is 29.4 Å². The normalized spacial score (nSPS) is 11.9. The molecule has 42 heavy (non-hydrogen) atoms. The molecule has 1 rings (SSSR count). The molecule has 0 bridgehead atoms. The SMILES string of the molecule is CC#CCNC(=O)COCCOC(C)(COc1cccc(C(=O)NCCOCCOCCOCCCNC)c1)N=[N+]=[N-]. The third kappa shape index (κ3) is 18.8. The third-order valence-corrected chi connectivity index (χ3v) is 5.28. The molecule has 0 saturated carbocycles. The van der Waals surface area contributed by atoms with Crippen LogP contribution in [0, 0.1) is 11.8 Å². The third-order valence-electron chi connectivity index (χ3n) is 5.28. The lowest BCUT2D eigenvalue weighted by Crippen LogP contribution is -2.35. The molecule has 0 aliphatic heterocycles. The smallest absolute Gasteiger partial charge is 0.251 e. The first kappa shape index (κ1) is 36.6. The first-order valence-corrected chi connectivity index (χ1v) is 13.8. The van der Waals surface area contributed by atoms with Gasteiger partial charge >= 0.3 is 0 Å². The highest BCUT2D eigenvalue weighted by Gasteiger charge is 2.25. The van der Waals surface area contributed by atoms with E-state index in [4.69, 9.17) is 34.0 Å². The summed E-state index contributed by atoms with van der Waals surface area (Å²) in [4.78, 5) is 27.0. The number of benzene rings is 1. The molecule has 2 amide bonds. The van der Waals surface area contributed by atoms with Crippen LogP contribution in [-0.2, 0) is 28.5 Å². The van der Waals surface area contributed by atoms with Crippen molar-refractivity contribution in [1.82, 2.24) is 16.0 Å². The fourth-order valence-corrected chi connectivity index (χ4v) is 3.14. The Morgan fingerprint density at radius 2 is 1.69 bits per heavy atom. The van der Waals surface area contributed by atoms with Crippen LogP contribution >= 0.6 is 0 Å². The van der Waals surface area contributed by atoms with Crippen LogP contribution in [0.25, 0.3) is 10.4 Å². The van der Waals surface area contributed by atoms with E-state index in [2.05, 4.69) is 37.8 Å². The quantitative estimate of drug-likeness (QED) is 0.0501. The Kier molecular flexibility index (Phi) is 21.1.